The molecule has 1 unspecified atom stereocenters. The van der Waals surface area contributed by atoms with E-state index in [1.54, 1.807) is 0 Å². The molecule has 104 valence electrons. The summed E-state index contributed by atoms with van der Waals surface area (Å²) < 4.78 is 10.6. The molecule has 2 rings (SSSR count). The molecular formula is C14H25NO3. The van der Waals surface area contributed by atoms with Gasteiger partial charge in [-0.05, 0) is 44.4 Å². The minimum absolute atomic E-state index is 0.104. The van der Waals surface area contributed by atoms with Crippen molar-refractivity contribution in [1.29, 1.82) is 0 Å². The zero-order chi connectivity index (χ0) is 13.0. The predicted octanol–water partition coefficient (Wildman–Crippen LogP) is 1.88. The average molecular weight is 255 g/mol. The van der Waals surface area contributed by atoms with Crippen LogP contribution in [0.15, 0.2) is 0 Å². The van der Waals surface area contributed by atoms with Crippen LogP contribution in [0, 0.1) is 5.92 Å². The molecular weight excluding hydrogens is 230 g/mol. The molecule has 18 heavy (non-hydrogen) atoms. The third kappa shape index (κ3) is 3.04. The fraction of sp³-hybridized carbons (Fsp3) is 0.929. The van der Waals surface area contributed by atoms with Crippen molar-refractivity contribution in [1.82, 2.24) is 5.32 Å². The van der Waals surface area contributed by atoms with Crippen molar-refractivity contribution >= 4 is 5.97 Å². The summed E-state index contributed by atoms with van der Waals surface area (Å²) in [5.41, 5.74) is -0.465. The monoisotopic (exact) mass is 255 g/mol. The van der Waals surface area contributed by atoms with Crippen molar-refractivity contribution in [2.45, 2.75) is 57.1 Å². The molecule has 1 aliphatic heterocycles. The van der Waals surface area contributed by atoms with Gasteiger partial charge in [0.2, 0.25) is 0 Å². The first kappa shape index (κ1) is 13.8. The molecule has 1 saturated carbocycles. The van der Waals surface area contributed by atoms with Gasteiger partial charge in [0.1, 0.15) is 5.54 Å². The van der Waals surface area contributed by atoms with E-state index in [4.69, 9.17) is 9.47 Å². The van der Waals surface area contributed by atoms with E-state index in [1.807, 2.05) is 0 Å². The highest BCUT2D eigenvalue weighted by molar-refractivity contribution is 5.80. The zero-order valence-electron chi connectivity index (χ0n) is 11.5. The molecule has 1 aliphatic carbocycles. The topological polar surface area (TPSA) is 47.6 Å². The third-order valence-electron chi connectivity index (χ3n) is 4.40. The van der Waals surface area contributed by atoms with E-state index < -0.39 is 5.54 Å². The van der Waals surface area contributed by atoms with Crippen molar-refractivity contribution in [2.75, 3.05) is 20.3 Å². The molecule has 0 aromatic heterocycles. The second-order valence-electron chi connectivity index (χ2n) is 5.77. The Kier molecular flexibility index (Phi) is 4.62. The average Bonchev–Trinajstić information content (AvgIpc) is 2.91. The van der Waals surface area contributed by atoms with Gasteiger partial charge in [-0.3, -0.25) is 10.1 Å². The van der Waals surface area contributed by atoms with Crippen LogP contribution < -0.4 is 5.32 Å². The van der Waals surface area contributed by atoms with Crippen molar-refractivity contribution in [2.24, 2.45) is 5.92 Å². The predicted molar refractivity (Wildman–Crippen MR) is 69.4 cm³/mol. The number of rotatable bonds is 4. The molecule has 4 nitrogen and oxygen atoms in total. The number of esters is 1. The maximum absolute atomic E-state index is 12.1. The Balaban J connectivity index is 1.93. The van der Waals surface area contributed by atoms with E-state index in [0.29, 0.717) is 5.92 Å². The van der Waals surface area contributed by atoms with Crippen LogP contribution in [0.25, 0.3) is 0 Å². The molecule has 0 spiro atoms. The summed E-state index contributed by atoms with van der Waals surface area (Å²) in [5, 5.41) is 3.45. The van der Waals surface area contributed by atoms with Crippen LogP contribution in [0.3, 0.4) is 0 Å². The second kappa shape index (κ2) is 6.02. The molecule has 0 radical (unpaired) electrons. The lowest BCUT2D eigenvalue weighted by atomic mass is 9.77. The Morgan fingerprint density at radius 1 is 1.39 bits per heavy atom. The fourth-order valence-electron chi connectivity index (χ4n) is 3.02. The van der Waals surface area contributed by atoms with Gasteiger partial charge in [0.05, 0.1) is 13.2 Å². The highest BCUT2D eigenvalue weighted by Gasteiger charge is 2.42. The molecule has 0 bridgehead atoms. The lowest BCUT2D eigenvalue weighted by Gasteiger charge is -2.38. The number of hydrogen-bond donors (Lipinski definition) is 1. The molecule has 1 atom stereocenters. The second-order valence-corrected chi connectivity index (χ2v) is 5.77. The van der Waals surface area contributed by atoms with Gasteiger partial charge in [0.25, 0.3) is 0 Å². The van der Waals surface area contributed by atoms with Gasteiger partial charge in [-0.15, -0.1) is 0 Å². The zero-order valence-corrected chi connectivity index (χ0v) is 11.5. The van der Waals surface area contributed by atoms with Gasteiger partial charge in [0, 0.05) is 13.2 Å². The summed E-state index contributed by atoms with van der Waals surface area (Å²) in [5.74, 6) is 0.611. The first-order valence-corrected chi connectivity index (χ1v) is 7.11. The van der Waals surface area contributed by atoms with Gasteiger partial charge >= 0.3 is 5.97 Å². The first-order valence-electron chi connectivity index (χ1n) is 7.11. The quantitative estimate of drug-likeness (QED) is 0.779. The van der Waals surface area contributed by atoms with Crippen LogP contribution in [0.5, 0.6) is 0 Å². The van der Waals surface area contributed by atoms with Crippen LogP contribution in [0.2, 0.25) is 0 Å². The van der Waals surface area contributed by atoms with Gasteiger partial charge in [-0.25, -0.2) is 0 Å². The number of ether oxygens (including phenoxy) is 2. The smallest absolute Gasteiger partial charge is 0.326 e. The van der Waals surface area contributed by atoms with Crippen LogP contribution in [-0.2, 0) is 14.3 Å². The Labute approximate surface area is 109 Å². The SMILES string of the molecule is COC(=O)C1(NCC2CCCO2)CCC(C)CC1. The summed E-state index contributed by atoms with van der Waals surface area (Å²) in [6.07, 6.45) is 6.45. The normalized spacial score (nSPS) is 36.6. The summed E-state index contributed by atoms with van der Waals surface area (Å²) in [4.78, 5) is 12.1. The standard InChI is InChI=1S/C14H25NO3/c1-11-5-7-14(8-6-11,13(16)17-2)15-10-12-4-3-9-18-12/h11-12,15H,3-10H2,1-2H3. The molecule has 1 heterocycles. The van der Waals surface area contributed by atoms with Crippen molar-refractivity contribution in [3.05, 3.63) is 0 Å². The highest BCUT2D eigenvalue weighted by Crippen LogP contribution is 2.33. The summed E-state index contributed by atoms with van der Waals surface area (Å²) in [6, 6.07) is 0. The minimum Gasteiger partial charge on any atom is -0.468 e. The summed E-state index contributed by atoms with van der Waals surface area (Å²) in [7, 11) is 1.48. The van der Waals surface area contributed by atoms with Gasteiger partial charge in [-0.2, -0.15) is 0 Å². The van der Waals surface area contributed by atoms with Crippen molar-refractivity contribution < 1.29 is 14.3 Å². The Morgan fingerprint density at radius 2 is 2.11 bits per heavy atom. The Hall–Kier alpha value is -0.610. The van der Waals surface area contributed by atoms with Crippen LogP contribution >= 0.6 is 0 Å². The lowest BCUT2D eigenvalue weighted by Crippen LogP contribution is -2.56. The van der Waals surface area contributed by atoms with Crippen molar-refractivity contribution in [3.8, 4) is 0 Å². The minimum atomic E-state index is -0.465. The molecule has 0 amide bonds. The number of methoxy groups -OCH3 is 1. The van der Waals surface area contributed by atoms with E-state index in [2.05, 4.69) is 12.2 Å². The van der Waals surface area contributed by atoms with Gasteiger partial charge in [-0.1, -0.05) is 6.92 Å². The summed E-state index contributed by atoms with van der Waals surface area (Å²) >= 11 is 0. The molecule has 1 N–H and O–H groups in total. The lowest BCUT2D eigenvalue weighted by molar-refractivity contribution is -0.150. The van der Waals surface area contributed by atoms with Gasteiger partial charge < -0.3 is 9.47 Å². The Bertz CT molecular complexity index is 279. The van der Waals surface area contributed by atoms with Gasteiger partial charge in [0.15, 0.2) is 0 Å². The van der Waals surface area contributed by atoms with Crippen LogP contribution in [0.1, 0.15) is 45.4 Å². The van der Waals surface area contributed by atoms with E-state index in [-0.39, 0.29) is 12.1 Å². The molecule has 4 heteroatoms. The number of nitrogens with one attached hydrogen (secondary N) is 1. The number of carbonyl (C=O) groups is 1. The maximum Gasteiger partial charge on any atom is 0.326 e. The molecule has 0 aromatic rings. The Morgan fingerprint density at radius 3 is 2.67 bits per heavy atom. The van der Waals surface area contributed by atoms with E-state index >= 15 is 0 Å². The van der Waals surface area contributed by atoms with Crippen molar-refractivity contribution in [3.63, 3.8) is 0 Å². The highest BCUT2D eigenvalue weighted by atomic mass is 16.5. The van der Waals surface area contributed by atoms with E-state index in [9.17, 15) is 4.79 Å². The fourth-order valence-corrected chi connectivity index (χ4v) is 3.02. The number of carbonyl (C=O) groups excluding carboxylic acids is 1. The molecule has 2 fully saturated rings. The molecule has 2 aliphatic rings. The molecule has 1 saturated heterocycles. The van der Waals surface area contributed by atoms with E-state index in [0.717, 1.165) is 51.7 Å². The summed E-state index contributed by atoms with van der Waals surface area (Å²) in [6.45, 7) is 3.87. The van der Waals surface area contributed by atoms with Crippen LogP contribution in [-0.4, -0.2) is 37.9 Å². The number of hydrogen-bond acceptors (Lipinski definition) is 4. The largest absolute Gasteiger partial charge is 0.468 e. The maximum atomic E-state index is 12.1. The molecule has 0 aromatic carbocycles. The van der Waals surface area contributed by atoms with Crippen LogP contribution in [0.4, 0.5) is 0 Å². The van der Waals surface area contributed by atoms with E-state index in [1.165, 1.54) is 7.11 Å². The third-order valence-corrected chi connectivity index (χ3v) is 4.40. The first-order chi connectivity index (χ1) is 8.66.